The van der Waals surface area contributed by atoms with Crippen LogP contribution in [-0.4, -0.2) is 49.4 Å². The fourth-order valence-corrected chi connectivity index (χ4v) is 4.24. The Balaban J connectivity index is 1.67. The first kappa shape index (κ1) is 15.5. The van der Waals surface area contributed by atoms with Gasteiger partial charge in [0.2, 0.25) is 0 Å². The van der Waals surface area contributed by atoms with Crippen LogP contribution >= 0.6 is 11.3 Å². The van der Waals surface area contributed by atoms with Crippen LogP contribution in [0.5, 0.6) is 0 Å². The molecule has 1 unspecified atom stereocenters. The van der Waals surface area contributed by atoms with Gasteiger partial charge in [0.05, 0.1) is 24.4 Å². The van der Waals surface area contributed by atoms with Gasteiger partial charge in [-0.15, -0.1) is 11.3 Å². The Bertz CT molecular complexity index is 928. The Morgan fingerprint density at radius 1 is 1.50 bits per heavy atom. The number of β-amino-alcohol motifs (C(OH)–C–C–N with tert-alkyl or cyclic N) is 1. The van der Waals surface area contributed by atoms with Crippen molar-refractivity contribution in [3.63, 3.8) is 0 Å². The Morgan fingerprint density at radius 2 is 2.38 bits per heavy atom. The lowest BCUT2D eigenvalue weighted by Crippen LogP contribution is -2.38. The third kappa shape index (κ3) is 2.88. The number of aromatic nitrogens is 4. The molecule has 0 saturated carbocycles. The van der Waals surface area contributed by atoms with Gasteiger partial charge in [-0.25, -0.2) is 4.98 Å². The van der Waals surface area contributed by atoms with Gasteiger partial charge in [-0.3, -0.25) is 14.8 Å². The molecule has 0 aromatic carbocycles. The van der Waals surface area contributed by atoms with E-state index >= 15 is 0 Å². The van der Waals surface area contributed by atoms with E-state index in [-0.39, 0.29) is 11.7 Å². The summed E-state index contributed by atoms with van der Waals surface area (Å²) in [6.07, 6.45) is 3.29. The second kappa shape index (κ2) is 6.12. The lowest BCUT2D eigenvalue weighted by atomic mass is 10.1. The van der Waals surface area contributed by atoms with Crippen molar-refractivity contribution >= 4 is 21.6 Å². The fourth-order valence-electron chi connectivity index (χ4n) is 3.18. The highest BCUT2D eigenvalue weighted by molar-refractivity contribution is 7.22. The number of aryl methyl sites for hydroxylation is 1. The van der Waals surface area contributed by atoms with Gasteiger partial charge in [0, 0.05) is 22.7 Å². The monoisotopic (exact) mass is 345 g/mol. The number of likely N-dealkylation sites (tertiary alicyclic amines) is 1. The summed E-state index contributed by atoms with van der Waals surface area (Å²) in [5.41, 5.74) is 2.58. The maximum atomic E-state index is 12.4. The summed E-state index contributed by atoms with van der Waals surface area (Å²) in [6.45, 7) is 4.06. The lowest BCUT2D eigenvalue weighted by molar-refractivity contribution is 0.0655. The van der Waals surface area contributed by atoms with Crippen LogP contribution in [0, 0.1) is 6.92 Å². The van der Waals surface area contributed by atoms with Gasteiger partial charge >= 0.3 is 0 Å². The molecule has 7 nitrogen and oxygen atoms in total. The number of rotatable bonds is 3. The van der Waals surface area contributed by atoms with Crippen LogP contribution in [0.2, 0.25) is 0 Å². The van der Waals surface area contributed by atoms with Crippen molar-refractivity contribution in [2.75, 3.05) is 13.1 Å². The van der Waals surface area contributed by atoms with Crippen LogP contribution in [0.4, 0.5) is 0 Å². The molecule has 3 N–H and O–H groups in total. The van der Waals surface area contributed by atoms with Crippen LogP contribution in [0.1, 0.15) is 24.4 Å². The molecular formula is C16H19N5O2S. The molecule has 0 radical (unpaired) electrons. The van der Waals surface area contributed by atoms with Crippen LogP contribution in [0.15, 0.2) is 17.1 Å². The minimum Gasteiger partial charge on any atom is -0.392 e. The quantitative estimate of drug-likeness (QED) is 0.670. The lowest BCUT2D eigenvalue weighted by Gasteiger charge is -2.29. The van der Waals surface area contributed by atoms with Crippen molar-refractivity contribution in [3.05, 3.63) is 34.1 Å². The highest BCUT2D eigenvalue weighted by Crippen LogP contribution is 2.32. The Morgan fingerprint density at radius 3 is 3.12 bits per heavy atom. The molecule has 1 fully saturated rings. The van der Waals surface area contributed by atoms with Gasteiger partial charge in [-0.1, -0.05) is 0 Å². The number of H-pyrrole nitrogens is 2. The second-order valence-corrected chi connectivity index (χ2v) is 7.33. The van der Waals surface area contributed by atoms with Gasteiger partial charge in [0.1, 0.15) is 10.5 Å². The number of aliphatic hydroxyl groups excluding tert-OH is 1. The second-order valence-electron chi connectivity index (χ2n) is 6.28. The van der Waals surface area contributed by atoms with Crippen LogP contribution in [0.25, 0.3) is 20.7 Å². The van der Waals surface area contributed by atoms with Crippen molar-refractivity contribution in [3.8, 4) is 10.4 Å². The summed E-state index contributed by atoms with van der Waals surface area (Å²) in [7, 11) is 0. The molecule has 1 saturated heterocycles. The number of nitrogens with one attached hydrogen (secondary N) is 2. The molecule has 3 aromatic heterocycles. The maximum Gasteiger partial charge on any atom is 0.268 e. The number of thiophene rings is 1. The van der Waals surface area contributed by atoms with Gasteiger partial charge in [0.15, 0.2) is 0 Å². The van der Waals surface area contributed by atoms with Crippen LogP contribution in [0.3, 0.4) is 0 Å². The van der Waals surface area contributed by atoms with E-state index in [4.69, 9.17) is 0 Å². The maximum absolute atomic E-state index is 12.4. The summed E-state index contributed by atoms with van der Waals surface area (Å²) >= 11 is 1.43. The molecular weight excluding hydrogens is 326 g/mol. The van der Waals surface area contributed by atoms with Crippen molar-refractivity contribution in [2.45, 2.75) is 32.4 Å². The molecule has 0 spiro atoms. The molecule has 1 atom stereocenters. The van der Waals surface area contributed by atoms with E-state index in [0.717, 1.165) is 35.5 Å². The van der Waals surface area contributed by atoms with E-state index in [1.165, 1.54) is 11.3 Å². The fraction of sp³-hybridized carbons (Fsp3) is 0.438. The average Bonchev–Trinajstić information content (AvgIpc) is 3.13. The van der Waals surface area contributed by atoms with E-state index in [0.29, 0.717) is 29.1 Å². The molecule has 4 rings (SSSR count). The molecule has 126 valence electrons. The summed E-state index contributed by atoms with van der Waals surface area (Å²) in [6, 6.07) is 1.95. The molecule has 4 heterocycles. The number of hydrogen-bond donors (Lipinski definition) is 3. The van der Waals surface area contributed by atoms with E-state index in [2.05, 4.69) is 25.1 Å². The molecule has 1 aliphatic heterocycles. The highest BCUT2D eigenvalue weighted by Gasteiger charge is 2.19. The number of aromatic amines is 2. The first-order chi connectivity index (χ1) is 11.6. The van der Waals surface area contributed by atoms with E-state index in [9.17, 15) is 9.90 Å². The predicted molar refractivity (Wildman–Crippen MR) is 93.1 cm³/mol. The first-order valence-electron chi connectivity index (χ1n) is 8.03. The Labute approximate surface area is 142 Å². The third-order valence-electron chi connectivity index (χ3n) is 4.38. The topological polar surface area (TPSA) is 97.9 Å². The SMILES string of the molecule is Cc1[nH]ncc1-c1cc2nc(CN3CCCC(O)C3)[nH]c(=O)c2s1. The molecule has 0 bridgehead atoms. The molecule has 0 aliphatic carbocycles. The predicted octanol–water partition coefficient (Wildman–Crippen LogP) is 1.64. The smallest absolute Gasteiger partial charge is 0.268 e. The van der Waals surface area contributed by atoms with Crippen LogP contribution < -0.4 is 5.56 Å². The Hall–Kier alpha value is -2.03. The minimum atomic E-state index is -0.286. The highest BCUT2D eigenvalue weighted by atomic mass is 32.1. The first-order valence-corrected chi connectivity index (χ1v) is 8.85. The molecule has 0 amide bonds. The van der Waals surface area contributed by atoms with Crippen molar-refractivity contribution in [1.82, 2.24) is 25.1 Å². The number of fused-ring (bicyclic) bond motifs is 1. The number of aliphatic hydroxyl groups is 1. The summed E-state index contributed by atoms with van der Waals surface area (Å²) in [5.74, 6) is 0.648. The number of hydrogen-bond acceptors (Lipinski definition) is 6. The summed E-state index contributed by atoms with van der Waals surface area (Å²) < 4.78 is 0.632. The van der Waals surface area contributed by atoms with Crippen molar-refractivity contribution in [2.24, 2.45) is 0 Å². The Kier molecular flexibility index (Phi) is 3.95. The average molecular weight is 345 g/mol. The molecule has 8 heteroatoms. The van der Waals surface area contributed by atoms with Gasteiger partial charge in [-0.2, -0.15) is 5.10 Å². The molecule has 1 aliphatic rings. The summed E-state index contributed by atoms with van der Waals surface area (Å²) in [5, 5.41) is 16.7. The number of nitrogens with zero attached hydrogens (tertiary/aromatic N) is 3. The van der Waals surface area contributed by atoms with Gasteiger partial charge < -0.3 is 10.1 Å². The standard InChI is InChI=1S/C16H19N5O2S/c1-9-11(6-17-20-9)13-5-12-15(24-13)16(23)19-14(18-12)8-21-4-2-3-10(22)7-21/h5-6,10,22H,2-4,7-8H2,1H3,(H,17,20)(H,18,19,23). The normalized spacial score (nSPS) is 19.2. The molecule has 3 aromatic rings. The summed E-state index contributed by atoms with van der Waals surface area (Å²) in [4.78, 5) is 23.0. The third-order valence-corrected chi connectivity index (χ3v) is 5.54. The van der Waals surface area contributed by atoms with Crippen molar-refractivity contribution < 1.29 is 5.11 Å². The van der Waals surface area contributed by atoms with E-state index in [1.807, 2.05) is 13.0 Å². The van der Waals surface area contributed by atoms with E-state index < -0.39 is 0 Å². The van der Waals surface area contributed by atoms with Gasteiger partial charge in [0.25, 0.3) is 5.56 Å². The van der Waals surface area contributed by atoms with E-state index in [1.54, 1.807) is 6.20 Å². The van der Waals surface area contributed by atoms with Gasteiger partial charge in [-0.05, 0) is 32.4 Å². The zero-order chi connectivity index (χ0) is 16.7. The minimum absolute atomic E-state index is 0.107. The largest absolute Gasteiger partial charge is 0.392 e. The number of piperidine rings is 1. The van der Waals surface area contributed by atoms with Crippen molar-refractivity contribution in [1.29, 1.82) is 0 Å². The zero-order valence-corrected chi connectivity index (χ0v) is 14.2. The van der Waals surface area contributed by atoms with Crippen LogP contribution in [-0.2, 0) is 6.54 Å². The zero-order valence-electron chi connectivity index (χ0n) is 13.4. The molecule has 24 heavy (non-hydrogen) atoms.